The van der Waals surface area contributed by atoms with Crippen LogP contribution in [0.5, 0.6) is 0 Å². The Morgan fingerprint density at radius 1 is 1.36 bits per heavy atom. The standard InChI is InChI=1S/C17H26N4O4/c1-17(2,3)14(21-9-12(18-19-21)10-5-6-10)15(23)20-8-11(22)7-13(20)16(24)25-4/h9-11,13-14,22H,5-8H2,1-4H3/t11?,13?,14-/m1/s1. The predicted octanol–water partition coefficient (Wildman–Crippen LogP) is 0.877. The number of ether oxygens (including phenoxy) is 1. The fourth-order valence-electron chi connectivity index (χ4n) is 3.44. The van der Waals surface area contributed by atoms with Gasteiger partial charge in [0.25, 0.3) is 0 Å². The Morgan fingerprint density at radius 2 is 2.04 bits per heavy atom. The molecule has 1 aromatic rings. The molecule has 138 valence electrons. The van der Waals surface area contributed by atoms with E-state index in [1.807, 2.05) is 27.0 Å². The second-order valence-electron chi connectivity index (χ2n) is 8.09. The normalized spacial score (nSPS) is 25.1. The number of aliphatic hydroxyl groups is 1. The maximum Gasteiger partial charge on any atom is 0.328 e. The third kappa shape index (κ3) is 3.53. The Labute approximate surface area is 147 Å². The number of esters is 1. The number of aromatic nitrogens is 3. The molecule has 1 saturated carbocycles. The Morgan fingerprint density at radius 3 is 2.60 bits per heavy atom. The number of carbonyl (C=O) groups excluding carboxylic acids is 2. The minimum absolute atomic E-state index is 0.120. The summed E-state index contributed by atoms with van der Waals surface area (Å²) in [6, 6.07) is -1.37. The zero-order valence-corrected chi connectivity index (χ0v) is 15.2. The van der Waals surface area contributed by atoms with Gasteiger partial charge in [-0.25, -0.2) is 9.48 Å². The number of rotatable bonds is 4. The molecule has 0 spiro atoms. The fourth-order valence-corrected chi connectivity index (χ4v) is 3.44. The number of aliphatic hydroxyl groups excluding tert-OH is 1. The van der Waals surface area contributed by atoms with Crippen molar-refractivity contribution in [2.45, 2.75) is 64.1 Å². The van der Waals surface area contributed by atoms with Crippen LogP contribution >= 0.6 is 0 Å². The molecule has 1 aliphatic carbocycles. The minimum Gasteiger partial charge on any atom is -0.467 e. The van der Waals surface area contributed by atoms with Crippen LogP contribution in [0.1, 0.15) is 57.7 Å². The average Bonchev–Trinajstić information content (AvgIpc) is 3.15. The molecule has 1 aliphatic heterocycles. The van der Waals surface area contributed by atoms with Crippen molar-refractivity contribution in [3.8, 4) is 0 Å². The molecule has 1 aromatic heterocycles. The number of nitrogens with zero attached hydrogens (tertiary/aromatic N) is 4. The number of methoxy groups -OCH3 is 1. The van der Waals surface area contributed by atoms with E-state index in [9.17, 15) is 14.7 Å². The van der Waals surface area contributed by atoms with Crippen molar-refractivity contribution >= 4 is 11.9 Å². The molecular formula is C17H26N4O4. The summed E-state index contributed by atoms with van der Waals surface area (Å²) in [5.74, 6) is -0.303. The first-order valence-electron chi connectivity index (χ1n) is 8.70. The summed E-state index contributed by atoms with van der Waals surface area (Å²) in [5.41, 5.74) is 0.479. The van der Waals surface area contributed by atoms with Crippen molar-refractivity contribution in [1.29, 1.82) is 0 Å². The van der Waals surface area contributed by atoms with Gasteiger partial charge >= 0.3 is 5.97 Å². The first-order valence-corrected chi connectivity index (χ1v) is 8.70. The van der Waals surface area contributed by atoms with Crippen molar-refractivity contribution in [2.75, 3.05) is 13.7 Å². The van der Waals surface area contributed by atoms with Gasteiger partial charge in [-0.2, -0.15) is 0 Å². The molecule has 8 heteroatoms. The van der Waals surface area contributed by atoms with Crippen molar-refractivity contribution in [2.24, 2.45) is 5.41 Å². The molecule has 25 heavy (non-hydrogen) atoms. The van der Waals surface area contributed by atoms with Crippen LogP contribution in [0.25, 0.3) is 0 Å². The summed E-state index contributed by atoms with van der Waals surface area (Å²) in [4.78, 5) is 26.7. The van der Waals surface area contributed by atoms with Crippen LogP contribution in [-0.2, 0) is 14.3 Å². The molecule has 3 rings (SSSR count). The van der Waals surface area contributed by atoms with Gasteiger partial charge in [-0.1, -0.05) is 26.0 Å². The SMILES string of the molecule is COC(=O)C1CC(O)CN1C(=O)[C@@H](n1cc(C2CC2)nn1)C(C)(C)C. The van der Waals surface area contributed by atoms with Crippen molar-refractivity contribution < 1.29 is 19.4 Å². The number of hydrogen-bond donors (Lipinski definition) is 1. The van der Waals surface area contributed by atoms with Crippen molar-refractivity contribution in [3.05, 3.63) is 11.9 Å². The van der Waals surface area contributed by atoms with E-state index in [4.69, 9.17) is 4.74 Å². The Kier molecular flexibility index (Phi) is 4.57. The summed E-state index contributed by atoms with van der Waals surface area (Å²) in [5, 5.41) is 18.4. The number of hydrogen-bond acceptors (Lipinski definition) is 6. The second kappa shape index (κ2) is 6.40. The predicted molar refractivity (Wildman–Crippen MR) is 88.6 cm³/mol. The summed E-state index contributed by atoms with van der Waals surface area (Å²) < 4.78 is 6.41. The second-order valence-corrected chi connectivity index (χ2v) is 8.09. The van der Waals surface area contributed by atoms with E-state index in [0.29, 0.717) is 5.92 Å². The van der Waals surface area contributed by atoms with Gasteiger partial charge in [0.15, 0.2) is 0 Å². The number of likely N-dealkylation sites (tertiary alicyclic amines) is 1. The molecule has 1 N–H and O–H groups in total. The summed E-state index contributed by atoms with van der Waals surface area (Å²) in [7, 11) is 1.29. The van der Waals surface area contributed by atoms with Crippen LogP contribution < -0.4 is 0 Å². The van der Waals surface area contributed by atoms with Crippen molar-refractivity contribution in [1.82, 2.24) is 19.9 Å². The lowest BCUT2D eigenvalue weighted by Crippen LogP contribution is -2.48. The van der Waals surface area contributed by atoms with E-state index < -0.39 is 29.6 Å². The third-order valence-electron chi connectivity index (χ3n) is 4.88. The van der Waals surface area contributed by atoms with Crippen LogP contribution in [0.15, 0.2) is 6.20 Å². The Bertz CT molecular complexity index is 662. The average molecular weight is 350 g/mol. The molecule has 1 amide bonds. The van der Waals surface area contributed by atoms with Crippen molar-refractivity contribution in [3.63, 3.8) is 0 Å². The zero-order chi connectivity index (χ0) is 18.4. The number of carbonyl (C=O) groups is 2. The monoisotopic (exact) mass is 350 g/mol. The Balaban J connectivity index is 1.89. The number of amides is 1. The van der Waals surface area contributed by atoms with Gasteiger partial charge in [-0.05, 0) is 18.3 Å². The topological polar surface area (TPSA) is 97.6 Å². The van der Waals surface area contributed by atoms with Gasteiger partial charge < -0.3 is 14.7 Å². The Hall–Kier alpha value is -1.96. The molecule has 1 saturated heterocycles. The molecule has 0 bridgehead atoms. The zero-order valence-electron chi connectivity index (χ0n) is 15.2. The van der Waals surface area contributed by atoms with Gasteiger partial charge in [-0.3, -0.25) is 4.79 Å². The van der Waals surface area contributed by atoms with E-state index in [0.717, 1.165) is 18.5 Å². The highest BCUT2D eigenvalue weighted by atomic mass is 16.5. The molecule has 2 aliphatic rings. The summed E-state index contributed by atoms with van der Waals surface area (Å²) >= 11 is 0. The van der Waals surface area contributed by atoms with Gasteiger partial charge in [0.05, 0.1) is 18.9 Å². The van der Waals surface area contributed by atoms with Crippen LogP contribution in [-0.4, -0.2) is 62.7 Å². The van der Waals surface area contributed by atoms with E-state index in [1.54, 1.807) is 4.68 Å². The minimum atomic E-state index is -0.760. The highest BCUT2D eigenvalue weighted by Crippen LogP contribution is 2.40. The molecule has 0 radical (unpaired) electrons. The quantitative estimate of drug-likeness (QED) is 0.810. The third-order valence-corrected chi connectivity index (χ3v) is 4.88. The van der Waals surface area contributed by atoms with E-state index in [1.165, 1.54) is 12.0 Å². The molecule has 3 atom stereocenters. The molecule has 2 unspecified atom stereocenters. The largest absolute Gasteiger partial charge is 0.467 e. The molecule has 2 fully saturated rings. The molecular weight excluding hydrogens is 324 g/mol. The van der Waals surface area contributed by atoms with Crippen LogP contribution in [0.4, 0.5) is 0 Å². The maximum atomic E-state index is 13.3. The molecule has 0 aromatic carbocycles. The number of β-amino-alcohol motifs (C(OH)–C–C–N with tert-alkyl or cyclic N) is 1. The molecule has 2 heterocycles. The van der Waals surface area contributed by atoms with Gasteiger partial charge in [-0.15, -0.1) is 5.10 Å². The highest BCUT2D eigenvalue weighted by molar-refractivity contribution is 5.87. The van der Waals surface area contributed by atoms with Gasteiger partial charge in [0.1, 0.15) is 12.1 Å². The van der Waals surface area contributed by atoms with Crippen LogP contribution in [0.3, 0.4) is 0 Å². The van der Waals surface area contributed by atoms with Crippen LogP contribution in [0.2, 0.25) is 0 Å². The molecule has 8 nitrogen and oxygen atoms in total. The lowest BCUT2D eigenvalue weighted by Gasteiger charge is -2.34. The van der Waals surface area contributed by atoms with Gasteiger partial charge in [0, 0.05) is 25.1 Å². The van der Waals surface area contributed by atoms with Crippen LogP contribution in [0, 0.1) is 5.41 Å². The van der Waals surface area contributed by atoms with E-state index in [-0.39, 0.29) is 18.9 Å². The lowest BCUT2D eigenvalue weighted by molar-refractivity contribution is -0.153. The lowest BCUT2D eigenvalue weighted by atomic mass is 9.85. The first-order chi connectivity index (χ1) is 11.7. The highest BCUT2D eigenvalue weighted by Gasteiger charge is 2.45. The van der Waals surface area contributed by atoms with Gasteiger partial charge in [0.2, 0.25) is 5.91 Å². The van der Waals surface area contributed by atoms with E-state index >= 15 is 0 Å². The summed E-state index contributed by atoms with van der Waals surface area (Å²) in [6.45, 7) is 5.98. The first kappa shape index (κ1) is 17.8. The fraction of sp³-hybridized carbons (Fsp3) is 0.765. The summed E-state index contributed by atoms with van der Waals surface area (Å²) in [6.07, 6.45) is 3.52. The smallest absolute Gasteiger partial charge is 0.328 e. The van der Waals surface area contributed by atoms with E-state index in [2.05, 4.69) is 10.3 Å². The maximum absolute atomic E-state index is 13.3.